The van der Waals surface area contributed by atoms with Crippen molar-refractivity contribution in [3.8, 4) is 0 Å². The number of carboxylic acid groups (broad SMARTS) is 1. The molecule has 1 saturated heterocycles. The maximum absolute atomic E-state index is 12.1. The third-order valence-electron chi connectivity index (χ3n) is 4.03. The highest BCUT2D eigenvalue weighted by Gasteiger charge is 2.35. The van der Waals surface area contributed by atoms with Gasteiger partial charge in [-0.05, 0) is 25.7 Å². The van der Waals surface area contributed by atoms with Crippen LogP contribution in [0, 0.1) is 0 Å². The number of carbonyl (C=O) groups excluding carboxylic acids is 1. The second kappa shape index (κ2) is 6.53. The van der Waals surface area contributed by atoms with Gasteiger partial charge in [0.25, 0.3) is 5.91 Å². The van der Waals surface area contributed by atoms with Gasteiger partial charge < -0.3 is 15.2 Å². The van der Waals surface area contributed by atoms with Crippen molar-refractivity contribution in [1.82, 2.24) is 10.3 Å². The van der Waals surface area contributed by atoms with Crippen LogP contribution < -0.4 is 5.32 Å². The number of ether oxygens (including phenoxy) is 1. The van der Waals surface area contributed by atoms with E-state index < -0.39 is 5.97 Å². The molecule has 1 atom stereocenters. The fourth-order valence-electron chi connectivity index (χ4n) is 2.62. The molecule has 0 spiro atoms. The van der Waals surface area contributed by atoms with Crippen LogP contribution in [-0.2, 0) is 4.74 Å². The predicted octanol–water partition coefficient (Wildman–Crippen LogP) is 2.31. The molecule has 1 aromatic heterocycles. The number of thiazole rings is 1. The first kappa shape index (κ1) is 15.9. The Kier molecular flexibility index (Phi) is 4.95. The summed E-state index contributed by atoms with van der Waals surface area (Å²) in [5.41, 5.74) is -0.251. The third-order valence-corrected chi connectivity index (χ3v) is 4.88. The van der Waals surface area contributed by atoms with E-state index in [9.17, 15) is 9.59 Å². The minimum Gasteiger partial charge on any atom is -0.476 e. The summed E-state index contributed by atoms with van der Waals surface area (Å²) in [4.78, 5) is 26.8. The van der Waals surface area contributed by atoms with Crippen molar-refractivity contribution in [2.24, 2.45) is 0 Å². The summed E-state index contributed by atoms with van der Waals surface area (Å²) >= 11 is 1.05. The number of carboxylic acids is 1. The SMILES string of the molecule is CCC1(CC)CC(NC(=O)c2nc(C(=O)O)cs2)CCO1. The van der Waals surface area contributed by atoms with Gasteiger partial charge >= 0.3 is 5.97 Å². The van der Waals surface area contributed by atoms with Gasteiger partial charge in [-0.3, -0.25) is 4.79 Å². The zero-order chi connectivity index (χ0) is 15.5. The molecule has 2 heterocycles. The summed E-state index contributed by atoms with van der Waals surface area (Å²) in [7, 11) is 0. The highest BCUT2D eigenvalue weighted by Crippen LogP contribution is 2.31. The smallest absolute Gasteiger partial charge is 0.355 e. The topological polar surface area (TPSA) is 88.5 Å². The van der Waals surface area contributed by atoms with Gasteiger partial charge in [-0.25, -0.2) is 9.78 Å². The van der Waals surface area contributed by atoms with E-state index in [1.807, 2.05) is 0 Å². The van der Waals surface area contributed by atoms with Gasteiger partial charge in [-0.1, -0.05) is 13.8 Å². The molecule has 1 unspecified atom stereocenters. The molecular formula is C14H20N2O4S. The molecule has 6 nitrogen and oxygen atoms in total. The van der Waals surface area contributed by atoms with Crippen LogP contribution in [-0.4, -0.2) is 40.2 Å². The Morgan fingerprint density at radius 2 is 2.24 bits per heavy atom. The first-order valence-electron chi connectivity index (χ1n) is 7.13. The maximum Gasteiger partial charge on any atom is 0.355 e. The molecule has 1 fully saturated rings. The van der Waals surface area contributed by atoms with Crippen molar-refractivity contribution in [2.75, 3.05) is 6.61 Å². The van der Waals surface area contributed by atoms with Crippen LogP contribution in [0.5, 0.6) is 0 Å². The van der Waals surface area contributed by atoms with E-state index in [0.717, 1.165) is 37.0 Å². The van der Waals surface area contributed by atoms with Crippen LogP contribution in [0.4, 0.5) is 0 Å². The van der Waals surface area contributed by atoms with Gasteiger partial charge in [0.1, 0.15) is 0 Å². The maximum atomic E-state index is 12.1. The second-order valence-electron chi connectivity index (χ2n) is 5.24. The number of rotatable bonds is 5. The summed E-state index contributed by atoms with van der Waals surface area (Å²) in [5.74, 6) is -1.42. The van der Waals surface area contributed by atoms with Gasteiger partial charge in [0, 0.05) is 18.0 Å². The number of aromatic carboxylic acids is 1. The number of hydrogen-bond acceptors (Lipinski definition) is 5. The van der Waals surface area contributed by atoms with E-state index in [1.54, 1.807) is 0 Å². The molecule has 1 aliphatic rings. The Morgan fingerprint density at radius 1 is 1.52 bits per heavy atom. The number of aromatic nitrogens is 1. The number of carbonyl (C=O) groups is 2. The highest BCUT2D eigenvalue weighted by atomic mass is 32.1. The average molecular weight is 312 g/mol. The Bertz CT molecular complexity index is 525. The summed E-state index contributed by atoms with van der Waals surface area (Å²) < 4.78 is 5.87. The number of amides is 1. The van der Waals surface area contributed by atoms with Crippen LogP contribution in [0.2, 0.25) is 0 Å². The standard InChI is InChI=1S/C14H20N2O4S/c1-3-14(4-2)7-9(5-6-20-14)15-11(17)12-16-10(8-21-12)13(18)19/h8-9H,3-7H2,1-2H3,(H,15,17)(H,18,19). The van der Waals surface area contributed by atoms with Gasteiger partial charge in [0.05, 0.1) is 5.60 Å². The van der Waals surface area contributed by atoms with E-state index in [0.29, 0.717) is 6.61 Å². The Balaban J connectivity index is 2.00. The number of nitrogens with one attached hydrogen (secondary N) is 1. The molecule has 1 aliphatic heterocycles. The molecule has 0 aromatic carbocycles. The molecular weight excluding hydrogens is 292 g/mol. The van der Waals surface area contributed by atoms with Gasteiger partial charge in [-0.2, -0.15) is 0 Å². The molecule has 0 saturated carbocycles. The quantitative estimate of drug-likeness (QED) is 0.871. The largest absolute Gasteiger partial charge is 0.476 e. The van der Waals surface area contributed by atoms with E-state index in [1.165, 1.54) is 5.38 Å². The van der Waals surface area contributed by atoms with Crippen LogP contribution in [0.15, 0.2) is 5.38 Å². The first-order valence-corrected chi connectivity index (χ1v) is 8.01. The lowest BCUT2D eigenvalue weighted by molar-refractivity contribution is -0.0917. The Labute approximate surface area is 127 Å². The summed E-state index contributed by atoms with van der Waals surface area (Å²) in [5, 5.41) is 13.3. The Hall–Kier alpha value is -1.47. The van der Waals surface area contributed by atoms with Crippen molar-refractivity contribution in [3.05, 3.63) is 16.1 Å². The molecule has 7 heteroatoms. The molecule has 116 valence electrons. The van der Waals surface area contributed by atoms with Gasteiger partial charge in [0.15, 0.2) is 10.7 Å². The fourth-order valence-corrected chi connectivity index (χ4v) is 3.31. The molecule has 0 bridgehead atoms. The lowest BCUT2D eigenvalue weighted by atomic mass is 9.86. The number of nitrogens with zero attached hydrogens (tertiary/aromatic N) is 1. The number of hydrogen-bond donors (Lipinski definition) is 2. The van der Waals surface area contributed by atoms with Crippen LogP contribution in [0.1, 0.15) is 59.8 Å². The summed E-state index contributed by atoms with van der Waals surface area (Å²) in [6.45, 7) is 4.81. The zero-order valence-corrected chi connectivity index (χ0v) is 13.0. The molecule has 0 aliphatic carbocycles. The third kappa shape index (κ3) is 3.59. The van der Waals surface area contributed by atoms with Gasteiger partial charge in [0.2, 0.25) is 0 Å². The van der Waals surface area contributed by atoms with Crippen molar-refractivity contribution in [3.63, 3.8) is 0 Å². The minimum atomic E-state index is -1.12. The highest BCUT2D eigenvalue weighted by molar-refractivity contribution is 7.11. The molecule has 1 aromatic rings. The van der Waals surface area contributed by atoms with E-state index in [2.05, 4.69) is 24.1 Å². The lowest BCUT2D eigenvalue weighted by Gasteiger charge is -2.40. The van der Waals surface area contributed by atoms with Crippen molar-refractivity contribution >= 4 is 23.2 Å². The fraction of sp³-hybridized carbons (Fsp3) is 0.643. The lowest BCUT2D eigenvalue weighted by Crippen LogP contribution is -2.48. The van der Waals surface area contributed by atoms with Crippen LogP contribution in [0.25, 0.3) is 0 Å². The van der Waals surface area contributed by atoms with Crippen molar-refractivity contribution in [1.29, 1.82) is 0 Å². The molecule has 2 N–H and O–H groups in total. The van der Waals surface area contributed by atoms with Crippen LogP contribution in [0.3, 0.4) is 0 Å². The van der Waals surface area contributed by atoms with E-state index >= 15 is 0 Å². The average Bonchev–Trinajstić information content (AvgIpc) is 2.97. The molecule has 1 amide bonds. The van der Waals surface area contributed by atoms with Crippen molar-refractivity contribution in [2.45, 2.75) is 51.2 Å². The molecule has 2 rings (SSSR count). The Morgan fingerprint density at radius 3 is 2.81 bits per heavy atom. The predicted molar refractivity (Wildman–Crippen MR) is 78.8 cm³/mol. The normalized spacial score (nSPS) is 21.0. The second-order valence-corrected chi connectivity index (χ2v) is 6.10. The zero-order valence-electron chi connectivity index (χ0n) is 12.2. The minimum absolute atomic E-state index is 0.0447. The van der Waals surface area contributed by atoms with Gasteiger partial charge in [-0.15, -0.1) is 11.3 Å². The molecule has 0 radical (unpaired) electrons. The first-order chi connectivity index (χ1) is 9.99. The molecule has 21 heavy (non-hydrogen) atoms. The summed E-state index contributed by atoms with van der Waals surface area (Å²) in [6, 6.07) is 0.0447. The summed E-state index contributed by atoms with van der Waals surface area (Å²) in [6.07, 6.45) is 3.38. The van der Waals surface area contributed by atoms with E-state index in [4.69, 9.17) is 9.84 Å². The monoisotopic (exact) mass is 312 g/mol. The van der Waals surface area contributed by atoms with E-state index in [-0.39, 0.29) is 28.3 Å². The van der Waals surface area contributed by atoms with Crippen LogP contribution >= 0.6 is 11.3 Å². The van der Waals surface area contributed by atoms with Crippen molar-refractivity contribution < 1.29 is 19.4 Å².